The Balaban J connectivity index is 2.27. The van der Waals surface area contributed by atoms with Crippen LogP contribution in [0.5, 0.6) is 0 Å². The number of hydrogen-bond donors (Lipinski definition) is 1. The normalized spacial score (nSPS) is 11.4. The van der Waals surface area contributed by atoms with Crippen LogP contribution in [-0.2, 0) is 0 Å². The minimum Gasteiger partial charge on any atom is -0.369 e. The smallest absolute Gasteiger partial charge is 0.138 e. The van der Waals surface area contributed by atoms with Crippen molar-refractivity contribution in [1.82, 2.24) is 9.97 Å². The van der Waals surface area contributed by atoms with Crippen LogP contribution in [0, 0.1) is 19.8 Å². The first-order chi connectivity index (χ1) is 8.09. The summed E-state index contributed by atoms with van der Waals surface area (Å²) in [6.07, 6.45) is 2.81. The molecule has 0 fully saturated rings. The summed E-state index contributed by atoms with van der Waals surface area (Å²) in [6.45, 7) is 9.72. The Labute approximate surface area is 106 Å². The van der Waals surface area contributed by atoms with Crippen LogP contribution in [0.2, 0.25) is 0 Å². The molecular weight excluding hydrogens is 230 g/mol. The van der Waals surface area contributed by atoms with E-state index in [-0.39, 0.29) is 0 Å². The van der Waals surface area contributed by atoms with Crippen LogP contribution < -0.4 is 5.32 Å². The molecular formula is C13H19N3S. The number of aromatic nitrogens is 2. The molecule has 0 aliphatic rings. The Kier molecular flexibility index (Phi) is 3.62. The minimum absolute atomic E-state index is 0.713. The highest BCUT2D eigenvalue weighted by molar-refractivity contribution is 7.18. The van der Waals surface area contributed by atoms with E-state index in [1.807, 2.05) is 0 Å². The van der Waals surface area contributed by atoms with Crippen LogP contribution in [0.3, 0.4) is 0 Å². The van der Waals surface area contributed by atoms with Gasteiger partial charge < -0.3 is 5.32 Å². The molecule has 2 aromatic rings. The molecule has 0 radical (unpaired) electrons. The summed E-state index contributed by atoms with van der Waals surface area (Å²) in [7, 11) is 0. The second-order valence-electron chi connectivity index (χ2n) is 4.79. The lowest BCUT2D eigenvalue weighted by atomic mass is 10.1. The molecule has 0 bridgehead atoms. The number of thiophene rings is 1. The number of rotatable bonds is 4. The number of nitrogens with one attached hydrogen (secondary N) is 1. The van der Waals surface area contributed by atoms with Crippen molar-refractivity contribution in [2.45, 2.75) is 34.1 Å². The Hall–Kier alpha value is -1.16. The Morgan fingerprint density at radius 3 is 2.76 bits per heavy atom. The maximum Gasteiger partial charge on any atom is 0.138 e. The van der Waals surface area contributed by atoms with Gasteiger partial charge in [0.2, 0.25) is 0 Å². The summed E-state index contributed by atoms with van der Waals surface area (Å²) < 4.78 is 0. The van der Waals surface area contributed by atoms with Crippen molar-refractivity contribution >= 4 is 27.4 Å². The first-order valence-electron chi connectivity index (χ1n) is 6.04. The summed E-state index contributed by atoms with van der Waals surface area (Å²) in [5, 5.41) is 4.62. The Morgan fingerprint density at radius 2 is 2.06 bits per heavy atom. The lowest BCUT2D eigenvalue weighted by molar-refractivity contribution is 0.607. The van der Waals surface area contributed by atoms with Crippen LogP contribution in [0.25, 0.3) is 10.2 Å². The number of nitrogens with zero attached hydrogens (tertiary/aromatic N) is 2. The topological polar surface area (TPSA) is 37.8 Å². The van der Waals surface area contributed by atoms with Gasteiger partial charge in [0.05, 0.1) is 5.39 Å². The molecule has 0 aliphatic carbocycles. The van der Waals surface area contributed by atoms with Crippen molar-refractivity contribution in [1.29, 1.82) is 0 Å². The molecule has 0 unspecified atom stereocenters. The van der Waals surface area contributed by atoms with Crippen LogP contribution in [-0.4, -0.2) is 16.5 Å². The molecule has 0 saturated carbocycles. The molecule has 1 N–H and O–H groups in total. The summed E-state index contributed by atoms with van der Waals surface area (Å²) in [5.41, 5.74) is 1.30. The van der Waals surface area contributed by atoms with Crippen molar-refractivity contribution in [3.8, 4) is 0 Å². The van der Waals surface area contributed by atoms with E-state index in [0.717, 1.165) is 23.6 Å². The molecule has 2 heterocycles. The van der Waals surface area contributed by atoms with E-state index >= 15 is 0 Å². The van der Waals surface area contributed by atoms with Crippen molar-refractivity contribution in [3.05, 3.63) is 16.8 Å². The zero-order valence-electron chi connectivity index (χ0n) is 10.9. The van der Waals surface area contributed by atoms with Crippen LogP contribution in [0.1, 0.15) is 30.7 Å². The van der Waals surface area contributed by atoms with E-state index < -0.39 is 0 Å². The van der Waals surface area contributed by atoms with E-state index in [4.69, 9.17) is 0 Å². The van der Waals surface area contributed by atoms with Gasteiger partial charge in [0, 0.05) is 11.4 Å². The maximum atomic E-state index is 4.36. The number of fused-ring (bicyclic) bond motifs is 1. The molecule has 0 spiro atoms. The van der Waals surface area contributed by atoms with Gasteiger partial charge in [0.1, 0.15) is 17.0 Å². The van der Waals surface area contributed by atoms with E-state index in [9.17, 15) is 0 Å². The quantitative estimate of drug-likeness (QED) is 0.896. The Morgan fingerprint density at radius 1 is 1.29 bits per heavy atom. The third kappa shape index (κ3) is 2.57. The third-order valence-corrected chi connectivity index (χ3v) is 4.09. The predicted octanol–water partition coefficient (Wildman–Crippen LogP) is 3.77. The molecule has 2 aromatic heterocycles. The fourth-order valence-electron chi connectivity index (χ4n) is 1.80. The molecule has 0 saturated heterocycles. The van der Waals surface area contributed by atoms with Gasteiger partial charge in [-0.2, -0.15) is 0 Å². The summed E-state index contributed by atoms with van der Waals surface area (Å²) in [6, 6.07) is 0. The monoisotopic (exact) mass is 249 g/mol. The first kappa shape index (κ1) is 12.3. The van der Waals surface area contributed by atoms with Gasteiger partial charge in [-0.05, 0) is 31.7 Å². The van der Waals surface area contributed by atoms with Gasteiger partial charge >= 0.3 is 0 Å². The Bertz CT molecular complexity index is 517. The van der Waals surface area contributed by atoms with Crippen LogP contribution >= 0.6 is 11.3 Å². The molecule has 0 aromatic carbocycles. The fourth-order valence-corrected chi connectivity index (χ4v) is 2.79. The highest BCUT2D eigenvalue weighted by atomic mass is 32.1. The second kappa shape index (κ2) is 5.00. The van der Waals surface area contributed by atoms with Crippen molar-refractivity contribution in [3.63, 3.8) is 0 Å². The van der Waals surface area contributed by atoms with Gasteiger partial charge in [0.15, 0.2) is 0 Å². The lowest BCUT2D eigenvalue weighted by Gasteiger charge is -2.08. The molecule has 0 atom stereocenters. The molecule has 2 rings (SSSR count). The number of hydrogen-bond acceptors (Lipinski definition) is 4. The molecule has 3 nitrogen and oxygen atoms in total. The molecule has 17 heavy (non-hydrogen) atoms. The van der Waals surface area contributed by atoms with E-state index in [1.54, 1.807) is 17.7 Å². The summed E-state index contributed by atoms with van der Waals surface area (Å²) >= 11 is 1.74. The van der Waals surface area contributed by atoms with E-state index in [2.05, 4.69) is 43.0 Å². The van der Waals surface area contributed by atoms with Crippen LogP contribution in [0.15, 0.2) is 6.33 Å². The van der Waals surface area contributed by atoms with Gasteiger partial charge in [-0.15, -0.1) is 11.3 Å². The van der Waals surface area contributed by atoms with Gasteiger partial charge in [-0.3, -0.25) is 0 Å². The highest BCUT2D eigenvalue weighted by Crippen LogP contribution is 2.32. The van der Waals surface area contributed by atoms with Crippen molar-refractivity contribution in [2.24, 2.45) is 5.92 Å². The molecule has 92 valence electrons. The first-order valence-corrected chi connectivity index (χ1v) is 6.85. The third-order valence-electron chi connectivity index (χ3n) is 2.98. The SMILES string of the molecule is Cc1sc2ncnc(NCCC(C)C)c2c1C. The van der Waals surface area contributed by atoms with Gasteiger partial charge in [0.25, 0.3) is 0 Å². The van der Waals surface area contributed by atoms with Gasteiger partial charge in [-0.25, -0.2) is 9.97 Å². The minimum atomic E-state index is 0.713. The maximum absolute atomic E-state index is 4.36. The number of anilines is 1. The van der Waals surface area contributed by atoms with Crippen molar-refractivity contribution < 1.29 is 0 Å². The molecule has 4 heteroatoms. The standard InChI is InChI=1S/C13H19N3S/c1-8(2)5-6-14-12-11-9(3)10(4)17-13(11)16-7-15-12/h7-8H,5-6H2,1-4H3,(H,14,15,16). The zero-order chi connectivity index (χ0) is 12.4. The fraction of sp³-hybridized carbons (Fsp3) is 0.538. The lowest BCUT2D eigenvalue weighted by Crippen LogP contribution is -2.06. The zero-order valence-corrected chi connectivity index (χ0v) is 11.7. The van der Waals surface area contributed by atoms with E-state index in [1.165, 1.54) is 15.8 Å². The molecule has 0 amide bonds. The highest BCUT2D eigenvalue weighted by Gasteiger charge is 2.11. The average Bonchev–Trinajstić information content (AvgIpc) is 2.55. The van der Waals surface area contributed by atoms with E-state index in [0.29, 0.717) is 5.92 Å². The largest absolute Gasteiger partial charge is 0.369 e. The average molecular weight is 249 g/mol. The van der Waals surface area contributed by atoms with Crippen molar-refractivity contribution in [2.75, 3.05) is 11.9 Å². The van der Waals surface area contributed by atoms with Crippen LogP contribution in [0.4, 0.5) is 5.82 Å². The molecule has 0 aliphatic heterocycles. The second-order valence-corrected chi connectivity index (χ2v) is 6.00. The summed E-state index contributed by atoms with van der Waals surface area (Å²) in [4.78, 5) is 11.1. The predicted molar refractivity (Wildman–Crippen MR) is 74.8 cm³/mol. The van der Waals surface area contributed by atoms with Gasteiger partial charge in [-0.1, -0.05) is 13.8 Å². The summed E-state index contributed by atoms with van der Waals surface area (Å²) in [5.74, 6) is 1.70. The number of aryl methyl sites for hydroxylation is 2.